The molecule has 3 N–H and O–H groups in total. The minimum atomic E-state index is -3.69. The van der Waals surface area contributed by atoms with Gasteiger partial charge in [0.25, 0.3) is 5.91 Å². The molecule has 2 rings (SSSR count). The van der Waals surface area contributed by atoms with Crippen molar-refractivity contribution in [1.29, 1.82) is 0 Å². The van der Waals surface area contributed by atoms with Gasteiger partial charge in [0.05, 0.1) is 22.1 Å². The quantitative estimate of drug-likeness (QED) is 0.559. The second-order valence-corrected chi connectivity index (χ2v) is 9.80. The first-order valence-corrected chi connectivity index (χ1v) is 11.8. The average Bonchev–Trinajstić information content (AvgIpc) is 2.71. The van der Waals surface area contributed by atoms with Crippen LogP contribution in [0.2, 0.25) is 0 Å². The van der Waals surface area contributed by atoms with Gasteiger partial charge in [0.15, 0.2) is 9.84 Å². The van der Waals surface area contributed by atoms with Crippen LogP contribution in [0.1, 0.15) is 58.3 Å². The first kappa shape index (κ1) is 23.1. The highest BCUT2D eigenvalue weighted by Crippen LogP contribution is 2.39. The number of amides is 2. The highest BCUT2D eigenvalue weighted by Gasteiger charge is 2.44. The van der Waals surface area contributed by atoms with Gasteiger partial charge in [-0.05, 0) is 31.4 Å². The van der Waals surface area contributed by atoms with E-state index in [0.29, 0.717) is 25.7 Å². The van der Waals surface area contributed by atoms with Gasteiger partial charge >= 0.3 is 0 Å². The van der Waals surface area contributed by atoms with Gasteiger partial charge in [-0.1, -0.05) is 57.2 Å². The molecule has 1 aromatic carbocycles. The Bertz CT molecular complexity index is 830. The van der Waals surface area contributed by atoms with Gasteiger partial charge in [-0.3, -0.25) is 14.4 Å². The summed E-state index contributed by atoms with van der Waals surface area (Å²) >= 11 is 0. The summed E-state index contributed by atoms with van der Waals surface area (Å²) < 4.78 is 26.0. The number of carbonyl (C=O) groups excluding carboxylic acids is 3. The van der Waals surface area contributed by atoms with Gasteiger partial charge in [-0.15, -0.1) is 0 Å². The van der Waals surface area contributed by atoms with E-state index < -0.39 is 38.9 Å². The molecular formula is C21H30N2O5S. The Morgan fingerprint density at radius 1 is 1.10 bits per heavy atom. The number of rotatable bonds is 10. The van der Waals surface area contributed by atoms with Crippen molar-refractivity contribution in [2.75, 3.05) is 5.75 Å². The van der Waals surface area contributed by atoms with E-state index in [4.69, 9.17) is 5.73 Å². The molecule has 1 aliphatic rings. The summed E-state index contributed by atoms with van der Waals surface area (Å²) in [6, 6.07) is 7.04. The molecule has 8 heteroatoms. The summed E-state index contributed by atoms with van der Waals surface area (Å²) in [6.45, 7) is 1.93. The maximum atomic E-state index is 13.2. The summed E-state index contributed by atoms with van der Waals surface area (Å²) in [5, 5.41) is 2.66. The molecule has 1 fully saturated rings. The molecule has 0 aliphatic heterocycles. The zero-order valence-electron chi connectivity index (χ0n) is 16.9. The lowest BCUT2D eigenvalue weighted by Gasteiger charge is -2.36. The first-order valence-electron chi connectivity index (χ1n) is 10.1. The number of carbonyl (C=O) groups is 3. The molecule has 0 heterocycles. The second kappa shape index (κ2) is 10.0. The highest BCUT2D eigenvalue weighted by atomic mass is 32.2. The molecule has 1 aromatic rings. The summed E-state index contributed by atoms with van der Waals surface area (Å²) in [7, 11) is -3.69. The predicted molar refractivity (Wildman–Crippen MR) is 110 cm³/mol. The Morgan fingerprint density at radius 3 is 2.28 bits per heavy atom. The summed E-state index contributed by atoms with van der Waals surface area (Å²) in [5.74, 6) is -2.74. The van der Waals surface area contributed by atoms with E-state index in [1.165, 1.54) is 12.1 Å². The number of ketones is 1. The number of Topliss-reactive ketones (excluding diaryl/α,β-unsaturated/α-hetero) is 1. The average molecular weight is 423 g/mol. The van der Waals surface area contributed by atoms with Crippen LogP contribution in [-0.2, 0) is 24.2 Å². The molecule has 0 bridgehead atoms. The number of unbranched alkanes of at least 4 members (excludes halogenated alkanes) is 1. The van der Waals surface area contributed by atoms with Crippen LogP contribution in [0, 0.1) is 5.41 Å². The minimum Gasteiger partial charge on any atom is -0.363 e. The van der Waals surface area contributed by atoms with Crippen molar-refractivity contribution in [3.05, 3.63) is 30.3 Å². The third kappa shape index (κ3) is 5.88. The van der Waals surface area contributed by atoms with Gasteiger partial charge in [-0.2, -0.15) is 0 Å². The van der Waals surface area contributed by atoms with Crippen LogP contribution in [-0.4, -0.2) is 37.8 Å². The number of hydrogen-bond acceptors (Lipinski definition) is 5. The molecular weight excluding hydrogens is 392 g/mol. The smallest absolute Gasteiger partial charge is 0.287 e. The molecule has 2 amide bonds. The van der Waals surface area contributed by atoms with Crippen LogP contribution in [0.25, 0.3) is 0 Å². The van der Waals surface area contributed by atoms with E-state index in [9.17, 15) is 22.8 Å². The van der Waals surface area contributed by atoms with Crippen molar-refractivity contribution < 1.29 is 22.8 Å². The fourth-order valence-corrected chi connectivity index (χ4v) is 5.79. The molecule has 0 saturated heterocycles. The molecule has 1 saturated carbocycles. The Balaban J connectivity index is 2.29. The van der Waals surface area contributed by atoms with Crippen molar-refractivity contribution in [3.8, 4) is 0 Å². The molecule has 0 spiro atoms. The van der Waals surface area contributed by atoms with E-state index in [1.54, 1.807) is 18.2 Å². The molecule has 0 aromatic heterocycles. The normalized spacial score (nSPS) is 17.3. The monoisotopic (exact) mass is 422 g/mol. The van der Waals surface area contributed by atoms with Crippen LogP contribution in [0.5, 0.6) is 0 Å². The molecule has 7 nitrogen and oxygen atoms in total. The standard InChI is InChI=1S/C21H30N2O5S/c1-2-3-12-17(18(24)19(22)25)23-20(26)21(13-8-5-9-14-21)15-29(27,28)16-10-6-4-7-11-16/h4,6-7,10-11,17H,2-3,5,8-9,12-15H2,1H3,(H2,22,25)(H,23,26). The predicted octanol–water partition coefficient (Wildman–Crippen LogP) is 2.14. The Hall–Kier alpha value is -2.22. The van der Waals surface area contributed by atoms with Crippen LogP contribution < -0.4 is 11.1 Å². The van der Waals surface area contributed by atoms with Gasteiger partial charge in [0.2, 0.25) is 11.7 Å². The largest absolute Gasteiger partial charge is 0.363 e. The van der Waals surface area contributed by atoms with E-state index >= 15 is 0 Å². The van der Waals surface area contributed by atoms with E-state index in [-0.39, 0.29) is 10.6 Å². The second-order valence-electron chi connectivity index (χ2n) is 7.81. The third-order valence-electron chi connectivity index (χ3n) is 5.57. The molecule has 29 heavy (non-hydrogen) atoms. The number of primary amides is 1. The Kier molecular flexibility index (Phi) is 7.96. The van der Waals surface area contributed by atoms with Crippen molar-refractivity contribution in [3.63, 3.8) is 0 Å². The van der Waals surface area contributed by atoms with Crippen LogP contribution in [0.15, 0.2) is 35.2 Å². The van der Waals surface area contributed by atoms with E-state index in [1.807, 2.05) is 6.92 Å². The zero-order valence-corrected chi connectivity index (χ0v) is 17.7. The highest BCUT2D eigenvalue weighted by molar-refractivity contribution is 7.91. The van der Waals surface area contributed by atoms with Crippen molar-refractivity contribution in [2.24, 2.45) is 11.1 Å². The van der Waals surface area contributed by atoms with E-state index in [2.05, 4.69) is 5.32 Å². The topological polar surface area (TPSA) is 123 Å². The van der Waals surface area contributed by atoms with Crippen molar-refractivity contribution in [2.45, 2.75) is 69.2 Å². The minimum absolute atomic E-state index is 0.175. The van der Waals surface area contributed by atoms with Crippen molar-refractivity contribution >= 4 is 27.4 Å². The summed E-state index contributed by atoms with van der Waals surface area (Å²) in [5.41, 5.74) is 4.02. The fourth-order valence-electron chi connectivity index (χ4n) is 3.90. The molecule has 1 unspecified atom stereocenters. The lowest BCUT2D eigenvalue weighted by Crippen LogP contribution is -2.53. The van der Waals surface area contributed by atoms with Gasteiger partial charge in [0, 0.05) is 0 Å². The SMILES string of the molecule is CCCCC(NC(=O)C1(CS(=O)(=O)c2ccccc2)CCCCC1)C(=O)C(N)=O. The number of hydrogen-bond donors (Lipinski definition) is 2. The number of benzene rings is 1. The Labute approximate surface area is 172 Å². The number of nitrogens with two attached hydrogens (primary N) is 1. The lowest BCUT2D eigenvalue weighted by atomic mass is 9.74. The fraction of sp³-hybridized carbons (Fsp3) is 0.571. The van der Waals surface area contributed by atoms with Gasteiger partial charge in [0.1, 0.15) is 0 Å². The van der Waals surface area contributed by atoms with Gasteiger partial charge in [-0.25, -0.2) is 8.42 Å². The third-order valence-corrected chi connectivity index (χ3v) is 7.50. The van der Waals surface area contributed by atoms with Crippen LogP contribution >= 0.6 is 0 Å². The molecule has 1 aliphatic carbocycles. The van der Waals surface area contributed by atoms with Crippen LogP contribution in [0.3, 0.4) is 0 Å². The molecule has 1 atom stereocenters. The zero-order chi connectivity index (χ0) is 21.5. The summed E-state index contributed by atoms with van der Waals surface area (Å²) in [6.07, 6.45) is 4.98. The van der Waals surface area contributed by atoms with E-state index in [0.717, 1.165) is 25.7 Å². The first-order chi connectivity index (χ1) is 13.7. The summed E-state index contributed by atoms with van der Waals surface area (Å²) in [4.78, 5) is 37.0. The number of nitrogens with one attached hydrogen (secondary N) is 1. The Morgan fingerprint density at radius 2 is 1.72 bits per heavy atom. The maximum Gasteiger partial charge on any atom is 0.287 e. The van der Waals surface area contributed by atoms with Crippen LogP contribution in [0.4, 0.5) is 0 Å². The number of sulfone groups is 1. The molecule has 0 radical (unpaired) electrons. The lowest BCUT2D eigenvalue weighted by molar-refractivity contribution is -0.140. The maximum absolute atomic E-state index is 13.2. The molecule has 160 valence electrons. The van der Waals surface area contributed by atoms with Gasteiger partial charge < -0.3 is 11.1 Å². The van der Waals surface area contributed by atoms with Crippen molar-refractivity contribution in [1.82, 2.24) is 5.32 Å².